The highest BCUT2D eigenvalue weighted by atomic mass is 16.5. The largest absolute Gasteiger partial charge is 0.467 e. The number of methoxy groups -OCH3 is 1. The molecule has 0 bridgehead atoms. The quantitative estimate of drug-likeness (QED) is 0.791. The van der Waals surface area contributed by atoms with Crippen molar-refractivity contribution in [2.75, 3.05) is 7.11 Å². The second-order valence-electron chi connectivity index (χ2n) is 4.24. The summed E-state index contributed by atoms with van der Waals surface area (Å²) >= 11 is 0. The van der Waals surface area contributed by atoms with Gasteiger partial charge in [-0.3, -0.25) is 0 Å². The molecular weight excluding hydrogens is 218 g/mol. The van der Waals surface area contributed by atoms with Crippen molar-refractivity contribution < 1.29 is 14.6 Å². The lowest BCUT2D eigenvalue weighted by Gasteiger charge is -2.21. The molecule has 0 radical (unpaired) electrons. The van der Waals surface area contributed by atoms with Gasteiger partial charge in [-0.25, -0.2) is 4.79 Å². The lowest BCUT2D eigenvalue weighted by Crippen LogP contribution is -2.35. The molecule has 1 aliphatic rings. The molecule has 1 saturated carbocycles. The van der Waals surface area contributed by atoms with E-state index in [1.165, 1.54) is 7.11 Å². The van der Waals surface area contributed by atoms with Gasteiger partial charge in [0, 0.05) is 5.41 Å². The third-order valence-corrected chi connectivity index (χ3v) is 3.32. The first-order valence-electron chi connectivity index (χ1n) is 5.41. The van der Waals surface area contributed by atoms with Crippen molar-refractivity contribution in [2.24, 2.45) is 0 Å². The van der Waals surface area contributed by atoms with Gasteiger partial charge in [0.25, 0.3) is 0 Å². The Morgan fingerprint density at radius 1 is 1.53 bits per heavy atom. The normalized spacial score (nSPS) is 17.9. The summed E-state index contributed by atoms with van der Waals surface area (Å²) in [6, 6.07) is 9.15. The number of hydrogen-bond acceptors (Lipinski definition) is 4. The first-order valence-corrected chi connectivity index (χ1v) is 5.41. The molecule has 4 nitrogen and oxygen atoms in total. The number of aliphatic hydroxyl groups excluding tert-OH is 1. The molecule has 0 aromatic heterocycles. The van der Waals surface area contributed by atoms with Crippen molar-refractivity contribution in [2.45, 2.75) is 24.4 Å². The Balaban J connectivity index is 2.40. The molecule has 2 rings (SSSR count). The second-order valence-corrected chi connectivity index (χ2v) is 4.24. The van der Waals surface area contributed by atoms with E-state index in [-0.39, 0.29) is 0 Å². The van der Waals surface area contributed by atoms with Crippen LogP contribution in [0, 0.1) is 11.3 Å². The van der Waals surface area contributed by atoms with E-state index in [9.17, 15) is 9.90 Å². The number of carbonyl (C=O) groups excluding carboxylic acids is 1. The fraction of sp³-hybridized carbons (Fsp3) is 0.385. The number of nitriles is 1. The molecule has 1 aliphatic carbocycles. The van der Waals surface area contributed by atoms with Gasteiger partial charge in [-0.15, -0.1) is 0 Å². The third-order valence-electron chi connectivity index (χ3n) is 3.32. The predicted molar refractivity (Wildman–Crippen MR) is 60.1 cm³/mol. The summed E-state index contributed by atoms with van der Waals surface area (Å²) in [5.74, 6) is -0.643. The standard InChI is InChI=1S/C13H13NO3/c1-17-12(16)11(15)13(6-7-13)10-5-3-2-4-9(10)8-14/h2-5,11,15H,6-7H2,1H3. The number of hydrogen-bond donors (Lipinski definition) is 1. The fourth-order valence-corrected chi connectivity index (χ4v) is 2.18. The Kier molecular flexibility index (Phi) is 2.86. The van der Waals surface area contributed by atoms with Crippen molar-refractivity contribution in [3.05, 3.63) is 35.4 Å². The van der Waals surface area contributed by atoms with Gasteiger partial charge in [0.15, 0.2) is 6.10 Å². The van der Waals surface area contributed by atoms with Crippen LogP contribution < -0.4 is 0 Å². The average molecular weight is 231 g/mol. The van der Waals surface area contributed by atoms with E-state index in [0.717, 1.165) is 5.56 Å². The van der Waals surface area contributed by atoms with Crippen molar-refractivity contribution in [1.82, 2.24) is 0 Å². The fourth-order valence-electron chi connectivity index (χ4n) is 2.18. The number of carbonyl (C=O) groups is 1. The maximum atomic E-state index is 11.4. The monoisotopic (exact) mass is 231 g/mol. The smallest absolute Gasteiger partial charge is 0.335 e. The molecule has 1 aromatic carbocycles. The van der Waals surface area contributed by atoms with Gasteiger partial charge in [0.05, 0.1) is 18.7 Å². The topological polar surface area (TPSA) is 70.3 Å². The minimum Gasteiger partial charge on any atom is -0.467 e. The molecule has 0 heterocycles. The molecule has 4 heteroatoms. The first kappa shape index (κ1) is 11.6. The van der Waals surface area contributed by atoms with E-state index < -0.39 is 17.5 Å². The first-order chi connectivity index (χ1) is 8.15. The summed E-state index contributed by atoms with van der Waals surface area (Å²) in [5, 5.41) is 19.0. The molecule has 0 spiro atoms. The predicted octanol–water partition coefficient (Wildman–Crippen LogP) is 1.12. The third kappa shape index (κ3) is 1.79. The van der Waals surface area contributed by atoms with E-state index in [0.29, 0.717) is 18.4 Å². The highest BCUT2D eigenvalue weighted by Crippen LogP contribution is 2.52. The van der Waals surface area contributed by atoms with Crippen LogP contribution >= 0.6 is 0 Å². The van der Waals surface area contributed by atoms with Crippen LogP contribution in [0.15, 0.2) is 24.3 Å². The van der Waals surface area contributed by atoms with E-state index in [4.69, 9.17) is 5.26 Å². The summed E-state index contributed by atoms with van der Waals surface area (Å²) in [7, 11) is 1.25. The van der Waals surface area contributed by atoms with Crippen LogP contribution in [0.3, 0.4) is 0 Å². The van der Waals surface area contributed by atoms with Crippen molar-refractivity contribution in [3.63, 3.8) is 0 Å². The van der Waals surface area contributed by atoms with Crippen LogP contribution in [-0.4, -0.2) is 24.3 Å². The molecule has 88 valence electrons. The Hall–Kier alpha value is -1.86. The van der Waals surface area contributed by atoms with E-state index in [1.807, 2.05) is 0 Å². The van der Waals surface area contributed by atoms with Gasteiger partial charge in [-0.05, 0) is 24.5 Å². The van der Waals surface area contributed by atoms with Crippen molar-refractivity contribution in [1.29, 1.82) is 5.26 Å². The molecule has 17 heavy (non-hydrogen) atoms. The number of ether oxygens (including phenoxy) is 1. The average Bonchev–Trinajstić information content (AvgIpc) is 3.18. The highest BCUT2D eigenvalue weighted by molar-refractivity contribution is 5.78. The molecule has 0 aliphatic heterocycles. The van der Waals surface area contributed by atoms with E-state index in [2.05, 4.69) is 10.8 Å². The Morgan fingerprint density at radius 3 is 2.71 bits per heavy atom. The van der Waals surface area contributed by atoms with Crippen LogP contribution in [0.2, 0.25) is 0 Å². The van der Waals surface area contributed by atoms with E-state index >= 15 is 0 Å². The van der Waals surface area contributed by atoms with Gasteiger partial charge in [0.2, 0.25) is 0 Å². The van der Waals surface area contributed by atoms with Crippen molar-refractivity contribution >= 4 is 5.97 Å². The lowest BCUT2D eigenvalue weighted by molar-refractivity contribution is -0.152. The number of nitrogens with zero attached hydrogens (tertiary/aromatic N) is 1. The Morgan fingerprint density at radius 2 is 2.18 bits per heavy atom. The van der Waals surface area contributed by atoms with Gasteiger partial charge in [-0.2, -0.15) is 5.26 Å². The minimum atomic E-state index is -1.19. The zero-order chi connectivity index (χ0) is 12.5. The van der Waals surface area contributed by atoms with Gasteiger partial charge in [0.1, 0.15) is 0 Å². The van der Waals surface area contributed by atoms with E-state index in [1.54, 1.807) is 24.3 Å². The molecule has 1 atom stereocenters. The van der Waals surface area contributed by atoms with Crippen LogP contribution in [0.4, 0.5) is 0 Å². The molecule has 0 amide bonds. The second kappa shape index (κ2) is 4.19. The maximum Gasteiger partial charge on any atom is 0.335 e. The zero-order valence-electron chi connectivity index (χ0n) is 9.51. The minimum absolute atomic E-state index is 0.507. The summed E-state index contributed by atoms with van der Waals surface area (Å²) in [6.07, 6.45) is 0.200. The Labute approximate surface area is 99.4 Å². The zero-order valence-corrected chi connectivity index (χ0v) is 9.51. The Bertz CT molecular complexity index is 486. The van der Waals surface area contributed by atoms with Gasteiger partial charge >= 0.3 is 5.97 Å². The maximum absolute atomic E-state index is 11.4. The molecule has 1 N–H and O–H groups in total. The van der Waals surface area contributed by atoms with Gasteiger partial charge < -0.3 is 9.84 Å². The summed E-state index contributed by atoms with van der Waals surface area (Å²) in [5.41, 5.74) is 0.618. The SMILES string of the molecule is COC(=O)C(O)C1(c2ccccc2C#N)CC1. The summed E-state index contributed by atoms with van der Waals surface area (Å²) in [6.45, 7) is 0. The van der Waals surface area contributed by atoms with Crippen LogP contribution in [-0.2, 0) is 14.9 Å². The highest BCUT2D eigenvalue weighted by Gasteiger charge is 2.54. The van der Waals surface area contributed by atoms with Crippen LogP contribution in [0.25, 0.3) is 0 Å². The molecular formula is C13H13NO3. The van der Waals surface area contributed by atoms with Crippen LogP contribution in [0.5, 0.6) is 0 Å². The van der Waals surface area contributed by atoms with Gasteiger partial charge in [-0.1, -0.05) is 18.2 Å². The number of rotatable bonds is 3. The molecule has 1 aromatic rings. The van der Waals surface area contributed by atoms with Crippen LogP contribution in [0.1, 0.15) is 24.0 Å². The number of aliphatic hydroxyl groups is 1. The molecule has 1 unspecified atom stereocenters. The summed E-state index contributed by atoms with van der Waals surface area (Å²) < 4.78 is 4.56. The molecule has 0 saturated heterocycles. The lowest BCUT2D eigenvalue weighted by atomic mass is 9.87. The summed E-state index contributed by atoms with van der Waals surface area (Å²) in [4.78, 5) is 11.4. The molecule has 1 fully saturated rings. The number of esters is 1. The number of benzene rings is 1. The van der Waals surface area contributed by atoms with Crippen molar-refractivity contribution in [3.8, 4) is 6.07 Å².